The lowest BCUT2D eigenvalue weighted by Gasteiger charge is -2.07. The zero-order valence-corrected chi connectivity index (χ0v) is 13.4. The lowest BCUT2D eigenvalue weighted by atomic mass is 10.2. The summed E-state index contributed by atoms with van der Waals surface area (Å²) in [6.07, 6.45) is -1.06. The highest BCUT2D eigenvalue weighted by molar-refractivity contribution is 7.99. The summed E-state index contributed by atoms with van der Waals surface area (Å²) in [5, 5.41) is 6.16. The number of fused-ring (bicyclic) bond motifs is 1. The average Bonchev–Trinajstić information content (AvgIpc) is 3.06. The van der Waals surface area contributed by atoms with Gasteiger partial charge < -0.3 is 4.84 Å². The predicted octanol–water partition coefficient (Wildman–Crippen LogP) is 4.55. The molecule has 0 radical (unpaired) electrons. The van der Waals surface area contributed by atoms with Crippen molar-refractivity contribution in [1.29, 1.82) is 0 Å². The maximum absolute atomic E-state index is 12.8. The standard InChI is InChI=1S/C14H10F3N3OS2/c1-21-18-8-11-12(19-13-20(11)5-6-22-13)23-10-4-2-3-9(7-10)14(15,16)17/h2-8H,1H3. The van der Waals surface area contributed by atoms with Crippen molar-refractivity contribution < 1.29 is 18.0 Å². The van der Waals surface area contributed by atoms with Gasteiger partial charge in [0.25, 0.3) is 0 Å². The summed E-state index contributed by atoms with van der Waals surface area (Å²) in [4.78, 5) is 10.3. The van der Waals surface area contributed by atoms with E-state index in [2.05, 4.69) is 15.0 Å². The fourth-order valence-electron chi connectivity index (χ4n) is 1.93. The van der Waals surface area contributed by atoms with Crippen molar-refractivity contribution >= 4 is 34.3 Å². The number of benzene rings is 1. The normalized spacial score (nSPS) is 12.3. The molecule has 0 amide bonds. The number of rotatable bonds is 4. The van der Waals surface area contributed by atoms with Gasteiger partial charge in [0.05, 0.1) is 11.8 Å². The molecule has 2 heterocycles. The molecule has 0 N–H and O–H groups in total. The van der Waals surface area contributed by atoms with Crippen LogP contribution in [0.5, 0.6) is 0 Å². The molecule has 0 fully saturated rings. The van der Waals surface area contributed by atoms with Crippen LogP contribution in [0.3, 0.4) is 0 Å². The number of aromatic nitrogens is 2. The molecule has 0 saturated carbocycles. The molecule has 3 rings (SSSR count). The van der Waals surface area contributed by atoms with Crippen LogP contribution in [0.25, 0.3) is 4.96 Å². The molecule has 120 valence electrons. The van der Waals surface area contributed by atoms with E-state index >= 15 is 0 Å². The van der Waals surface area contributed by atoms with Crippen LogP contribution in [-0.4, -0.2) is 22.7 Å². The van der Waals surface area contributed by atoms with Gasteiger partial charge in [-0.25, -0.2) is 4.98 Å². The molecule has 2 aromatic heterocycles. The summed E-state index contributed by atoms with van der Waals surface area (Å²) in [7, 11) is 1.42. The molecule has 23 heavy (non-hydrogen) atoms. The Bertz CT molecular complexity index is 854. The van der Waals surface area contributed by atoms with Gasteiger partial charge in [0.2, 0.25) is 0 Å². The highest BCUT2D eigenvalue weighted by atomic mass is 32.2. The fourth-order valence-corrected chi connectivity index (χ4v) is 3.65. The van der Waals surface area contributed by atoms with E-state index in [0.29, 0.717) is 15.6 Å². The summed E-state index contributed by atoms with van der Waals surface area (Å²) in [5.74, 6) is 0. The highest BCUT2D eigenvalue weighted by Gasteiger charge is 2.30. The lowest BCUT2D eigenvalue weighted by Crippen LogP contribution is -2.04. The van der Waals surface area contributed by atoms with Gasteiger partial charge in [0.15, 0.2) is 4.96 Å². The molecule has 0 unspecified atom stereocenters. The summed E-state index contributed by atoms with van der Waals surface area (Å²) >= 11 is 2.58. The molecule has 0 spiro atoms. The minimum absolute atomic E-state index is 0.456. The number of hydrogen-bond acceptors (Lipinski definition) is 5. The highest BCUT2D eigenvalue weighted by Crippen LogP contribution is 2.35. The van der Waals surface area contributed by atoms with Crippen LogP contribution in [0.1, 0.15) is 11.3 Å². The van der Waals surface area contributed by atoms with E-state index in [4.69, 9.17) is 0 Å². The second kappa shape index (κ2) is 6.25. The van der Waals surface area contributed by atoms with Crippen LogP contribution in [0.2, 0.25) is 0 Å². The second-order valence-corrected chi connectivity index (χ2v) is 6.34. The van der Waals surface area contributed by atoms with E-state index in [-0.39, 0.29) is 0 Å². The van der Waals surface area contributed by atoms with Gasteiger partial charge in [-0.15, -0.1) is 11.3 Å². The third-order valence-corrected chi connectivity index (χ3v) is 4.66. The first kappa shape index (κ1) is 15.9. The maximum atomic E-state index is 12.8. The van der Waals surface area contributed by atoms with Crippen LogP contribution in [-0.2, 0) is 11.0 Å². The van der Waals surface area contributed by atoms with E-state index in [1.165, 1.54) is 30.7 Å². The van der Waals surface area contributed by atoms with Crippen LogP contribution in [0.4, 0.5) is 13.2 Å². The average molecular weight is 357 g/mol. The Morgan fingerprint density at radius 2 is 2.22 bits per heavy atom. The van der Waals surface area contributed by atoms with Crippen LogP contribution >= 0.6 is 23.1 Å². The Kier molecular flexibility index (Phi) is 4.31. The molecule has 0 aliphatic rings. The van der Waals surface area contributed by atoms with Gasteiger partial charge in [-0.05, 0) is 18.2 Å². The zero-order chi connectivity index (χ0) is 16.4. The van der Waals surface area contributed by atoms with E-state index < -0.39 is 11.7 Å². The van der Waals surface area contributed by atoms with Gasteiger partial charge in [-0.3, -0.25) is 4.40 Å². The predicted molar refractivity (Wildman–Crippen MR) is 83.2 cm³/mol. The molecule has 4 nitrogen and oxygen atoms in total. The van der Waals surface area contributed by atoms with Crippen molar-refractivity contribution in [3.05, 3.63) is 47.1 Å². The van der Waals surface area contributed by atoms with Crippen molar-refractivity contribution in [2.45, 2.75) is 16.1 Å². The number of oxime groups is 1. The molecule has 0 saturated heterocycles. The summed E-state index contributed by atoms with van der Waals surface area (Å²) in [5.41, 5.74) is -0.0267. The first-order valence-corrected chi connectivity index (χ1v) is 8.06. The quantitative estimate of drug-likeness (QED) is 0.508. The van der Waals surface area contributed by atoms with Crippen LogP contribution < -0.4 is 0 Å². The van der Waals surface area contributed by atoms with Crippen molar-refractivity contribution in [3.8, 4) is 0 Å². The molecule has 1 aromatic carbocycles. The minimum Gasteiger partial charge on any atom is -0.399 e. The summed E-state index contributed by atoms with van der Waals surface area (Å²) < 4.78 is 40.2. The van der Waals surface area contributed by atoms with E-state index in [1.54, 1.807) is 6.07 Å². The lowest BCUT2D eigenvalue weighted by molar-refractivity contribution is -0.137. The summed E-state index contributed by atoms with van der Waals surface area (Å²) in [6, 6.07) is 5.15. The molecular formula is C14H10F3N3OS2. The fraction of sp³-hybridized carbons (Fsp3) is 0.143. The van der Waals surface area contributed by atoms with Crippen LogP contribution in [0.15, 0.2) is 50.9 Å². The SMILES string of the molecule is CON=Cc1c(Sc2cccc(C(F)(F)F)c2)nc2sccn12. The van der Waals surface area contributed by atoms with E-state index in [0.717, 1.165) is 28.9 Å². The Labute approximate surface area is 137 Å². The monoisotopic (exact) mass is 357 g/mol. The summed E-state index contributed by atoms with van der Waals surface area (Å²) in [6.45, 7) is 0. The molecule has 9 heteroatoms. The minimum atomic E-state index is -4.37. The molecule has 0 atom stereocenters. The molecule has 3 aromatic rings. The Hall–Kier alpha value is -2.00. The third-order valence-electron chi connectivity index (χ3n) is 2.92. The Morgan fingerprint density at radius 1 is 1.39 bits per heavy atom. The number of thiazole rings is 1. The second-order valence-electron chi connectivity index (χ2n) is 4.40. The van der Waals surface area contributed by atoms with Crippen molar-refractivity contribution in [1.82, 2.24) is 9.38 Å². The number of halogens is 3. The first-order valence-electron chi connectivity index (χ1n) is 6.36. The van der Waals surface area contributed by atoms with Crippen LogP contribution in [0, 0.1) is 0 Å². The Balaban J connectivity index is 1.98. The van der Waals surface area contributed by atoms with Gasteiger partial charge in [0, 0.05) is 16.5 Å². The third kappa shape index (κ3) is 3.35. The largest absolute Gasteiger partial charge is 0.416 e. The topological polar surface area (TPSA) is 38.9 Å². The number of hydrogen-bond donors (Lipinski definition) is 0. The molecule has 0 aliphatic heterocycles. The Morgan fingerprint density at radius 3 is 2.96 bits per heavy atom. The first-order chi connectivity index (χ1) is 11.0. The van der Waals surface area contributed by atoms with Crippen molar-refractivity contribution in [2.75, 3.05) is 7.11 Å². The number of nitrogens with zero attached hydrogens (tertiary/aromatic N) is 3. The van der Waals surface area contributed by atoms with Gasteiger partial charge >= 0.3 is 6.18 Å². The van der Waals surface area contributed by atoms with E-state index in [1.807, 2.05) is 16.0 Å². The van der Waals surface area contributed by atoms with E-state index in [9.17, 15) is 13.2 Å². The smallest absolute Gasteiger partial charge is 0.399 e. The van der Waals surface area contributed by atoms with Gasteiger partial charge in [-0.1, -0.05) is 23.0 Å². The van der Waals surface area contributed by atoms with Gasteiger partial charge in [-0.2, -0.15) is 13.2 Å². The molecular weight excluding hydrogens is 347 g/mol. The number of imidazole rings is 1. The maximum Gasteiger partial charge on any atom is 0.416 e. The number of alkyl halides is 3. The van der Waals surface area contributed by atoms with Gasteiger partial charge in [0.1, 0.15) is 17.8 Å². The van der Waals surface area contributed by atoms with Crippen molar-refractivity contribution in [3.63, 3.8) is 0 Å². The molecule has 0 bridgehead atoms. The zero-order valence-electron chi connectivity index (χ0n) is 11.7. The molecule has 0 aliphatic carbocycles. The van der Waals surface area contributed by atoms with Crippen molar-refractivity contribution in [2.24, 2.45) is 5.16 Å².